The number of rotatable bonds is 2. The Bertz CT molecular complexity index is 814. The minimum atomic E-state index is -0.342. The van der Waals surface area contributed by atoms with Gasteiger partial charge in [0.2, 0.25) is 11.9 Å². The summed E-state index contributed by atoms with van der Waals surface area (Å²) >= 11 is 0. The van der Waals surface area contributed by atoms with Gasteiger partial charge >= 0.3 is 0 Å². The van der Waals surface area contributed by atoms with E-state index in [-0.39, 0.29) is 23.5 Å². The number of benzene rings is 1. The quantitative estimate of drug-likeness (QED) is 0.817. The molecule has 6 heteroatoms. The Labute approximate surface area is 120 Å². The third-order valence-corrected chi connectivity index (χ3v) is 3.32. The van der Waals surface area contributed by atoms with Crippen LogP contribution in [0.2, 0.25) is 0 Å². The fraction of sp³-hybridized carbons (Fsp3) is 0.133. The number of amides is 1. The average Bonchev–Trinajstić information content (AvgIpc) is 2.99. The van der Waals surface area contributed by atoms with Gasteiger partial charge in [0.25, 0.3) is 5.91 Å². The molecule has 2 heterocycles. The molecule has 3 N–H and O–H groups in total. The van der Waals surface area contributed by atoms with E-state index < -0.39 is 0 Å². The number of para-hydroxylation sites is 1. The highest BCUT2D eigenvalue weighted by molar-refractivity contribution is 6.14. The Kier molecular flexibility index (Phi) is 3.06. The molecule has 0 atom stereocenters. The first-order chi connectivity index (χ1) is 10.1. The Morgan fingerprint density at radius 2 is 2.19 bits per heavy atom. The Hall–Kier alpha value is -2.89. The zero-order valence-electron chi connectivity index (χ0n) is 11.5. The number of aromatic nitrogens is 1. The van der Waals surface area contributed by atoms with Gasteiger partial charge in [-0.15, -0.1) is 0 Å². The van der Waals surface area contributed by atoms with Crippen LogP contribution in [0.1, 0.15) is 23.7 Å². The average molecular weight is 282 g/mol. The number of aliphatic imine (C=N–C) groups is 1. The minimum Gasteiger partial charge on any atom is -0.369 e. The van der Waals surface area contributed by atoms with Crippen LogP contribution >= 0.6 is 0 Å². The number of hydrogen-bond donors (Lipinski definition) is 2. The second-order valence-electron chi connectivity index (χ2n) is 4.70. The van der Waals surface area contributed by atoms with E-state index in [1.807, 2.05) is 31.2 Å². The number of fused-ring (bicyclic) bond motifs is 1. The summed E-state index contributed by atoms with van der Waals surface area (Å²) in [6.07, 6.45) is 3.76. The molecule has 0 bridgehead atoms. The van der Waals surface area contributed by atoms with Gasteiger partial charge in [-0.3, -0.25) is 19.5 Å². The predicted molar refractivity (Wildman–Crippen MR) is 80.6 cm³/mol. The number of nitrogens with two attached hydrogens (primary N) is 1. The van der Waals surface area contributed by atoms with Gasteiger partial charge < -0.3 is 5.73 Å². The van der Waals surface area contributed by atoms with Crippen molar-refractivity contribution in [3.05, 3.63) is 41.7 Å². The molecule has 0 saturated heterocycles. The summed E-state index contributed by atoms with van der Waals surface area (Å²) in [5, 5.41) is 3.31. The molecule has 1 aliphatic rings. The molecule has 6 nitrogen and oxygen atoms in total. The van der Waals surface area contributed by atoms with Crippen LogP contribution < -0.4 is 11.1 Å². The normalized spacial score (nSPS) is 16.3. The van der Waals surface area contributed by atoms with E-state index in [9.17, 15) is 9.59 Å². The molecule has 0 unspecified atom stereocenters. The SMILES string of the molecule is CCC(=O)n1cc(/C=C2/N=C(N)NC2=O)c2ccccc21. The van der Waals surface area contributed by atoms with Gasteiger partial charge in [0, 0.05) is 23.6 Å². The van der Waals surface area contributed by atoms with Gasteiger partial charge in [-0.25, -0.2) is 4.99 Å². The van der Waals surface area contributed by atoms with Crippen molar-refractivity contribution in [2.45, 2.75) is 13.3 Å². The smallest absolute Gasteiger partial charge is 0.276 e. The highest BCUT2D eigenvalue weighted by Gasteiger charge is 2.19. The monoisotopic (exact) mass is 282 g/mol. The molecule has 2 aromatic rings. The van der Waals surface area contributed by atoms with Crippen LogP contribution in [-0.2, 0) is 4.79 Å². The summed E-state index contributed by atoms with van der Waals surface area (Å²) in [4.78, 5) is 27.6. The third kappa shape index (κ3) is 2.20. The second-order valence-corrected chi connectivity index (χ2v) is 4.70. The van der Waals surface area contributed by atoms with Gasteiger partial charge in [-0.05, 0) is 12.1 Å². The highest BCUT2D eigenvalue weighted by Crippen LogP contribution is 2.24. The van der Waals surface area contributed by atoms with Crippen LogP contribution in [0, 0.1) is 0 Å². The fourth-order valence-corrected chi connectivity index (χ4v) is 2.33. The molecule has 3 rings (SSSR count). The zero-order valence-corrected chi connectivity index (χ0v) is 11.5. The Balaban J connectivity index is 2.18. The summed E-state index contributed by atoms with van der Waals surface area (Å²) in [7, 11) is 0. The number of hydrogen-bond acceptors (Lipinski definition) is 4. The molecule has 1 amide bonds. The van der Waals surface area contributed by atoms with E-state index in [1.165, 1.54) is 0 Å². The lowest BCUT2D eigenvalue weighted by Gasteiger charge is -1.99. The van der Waals surface area contributed by atoms with E-state index >= 15 is 0 Å². The molecular weight excluding hydrogens is 268 g/mol. The topological polar surface area (TPSA) is 89.5 Å². The fourth-order valence-electron chi connectivity index (χ4n) is 2.33. The van der Waals surface area contributed by atoms with E-state index in [0.29, 0.717) is 6.42 Å². The van der Waals surface area contributed by atoms with Crippen molar-refractivity contribution >= 4 is 34.8 Å². The van der Waals surface area contributed by atoms with Crippen molar-refractivity contribution < 1.29 is 9.59 Å². The van der Waals surface area contributed by atoms with Gasteiger partial charge in [0.1, 0.15) is 5.70 Å². The van der Waals surface area contributed by atoms with Gasteiger partial charge in [-0.1, -0.05) is 25.1 Å². The van der Waals surface area contributed by atoms with Crippen molar-refractivity contribution in [3.8, 4) is 0 Å². The Morgan fingerprint density at radius 3 is 2.86 bits per heavy atom. The maximum atomic E-state index is 12.0. The maximum Gasteiger partial charge on any atom is 0.276 e. The van der Waals surface area contributed by atoms with Crippen molar-refractivity contribution in [1.82, 2.24) is 9.88 Å². The molecule has 106 valence electrons. The lowest BCUT2D eigenvalue weighted by atomic mass is 10.1. The number of nitrogens with one attached hydrogen (secondary N) is 1. The molecule has 21 heavy (non-hydrogen) atoms. The molecule has 0 saturated carbocycles. The van der Waals surface area contributed by atoms with E-state index in [2.05, 4.69) is 10.3 Å². The highest BCUT2D eigenvalue weighted by atomic mass is 16.2. The molecular formula is C15H14N4O2. The van der Waals surface area contributed by atoms with Gasteiger partial charge in [0.05, 0.1) is 5.52 Å². The van der Waals surface area contributed by atoms with Crippen molar-refractivity contribution in [1.29, 1.82) is 0 Å². The van der Waals surface area contributed by atoms with Crippen molar-refractivity contribution in [3.63, 3.8) is 0 Å². The third-order valence-electron chi connectivity index (χ3n) is 3.32. The minimum absolute atomic E-state index is 0.00487. The largest absolute Gasteiger partial charge is 0.369 e. The number of carbonyl (C=O) groups excluding carboxylic acids is 2. The second kappa shape index (κ2) is 4.90. The summed E-state index contributed by atoms with van der Waals surface area (Å²) in [6, 6.07) is 7.53. The first kappa shape index (κ1) is 13.1. The molecule has 1 aromatic heterocycles. The van der Waals surface area contributed by atoms with Crippen LogP contribution in [0.4, 0.5) is 0 Å². The summed E-state index contributed by atoms with van der Waals surface area (Å²) in [5.74, 6) is -0.263. The molecule has 0 spiro atoms. The van der Waals surface area contributed by atoms with Crippen molar-refractivity contribution in [2.24, 2.45) is 10.7 Å². The summed E-state index contributed by atoms with van der Waals surface area (Å²) in [6.45, 7) is 1.81. The van der Waals surface area contributed by atoms with Crippen LogP contribution in [0.3, 0.4) is 0 Å². The predicted octanol–water partition coefficient (Wildman–Crippen LogP) is 1.48. The molecule has 0 aliphatic carbocycles. The van der Waals surface area contributed by atoms with Crippen LogP contribution in [0.15, 0.2) is 41.2 Å². The summed E-state index contributed by atoms with van der Waals surface area (Å²) < 4.78 is 1.60. The standard InChI is InChI=1S/C15H14N4O2/c1-2-13(20)19-8-9(10-5-3-4-6-12(10)19)7-11-14(21)18-15(16)17-11/h3-8H,2H2,1H3,(H3,16,17,18,21)/b11-7+. The van der Waals surface area contributed by atoms with E-state index in [4.69, 9.17) is 5.73 Å². The summed E-state index contributed by atoms with van der Waals surface area (Å²) in [5.41, 5.74) is 7.28. The number of guanidine groups is 1. The number of carbonyl (C=O) groups is 2. The van der Waals surface area contributed by atoms with Gasteiger partial charge in [-0.2, -0.15) is 0 Å². The molecule has 0 radical (unpaired) electrons. The molecule has 0 fully saturated rings. The molecule has 1 aliphatic heterocycles. The zero-order chi connectivity index (χ0) is 15.0. The lowest BCUT2D eigenvalue weighted by Crippen LogP contribution is -2.30. The van der Waals surface area contributed by atoms with Crippen LogP contribution in [0.5, 0.6) is 0 Å². The lowest BCUT2D eigenvalue weighted by molar-refractivity contribution is -0.115. The molecule has 1 aromatic carbocycles. The first-order valence-corrected chi connectivity index (χ1v) is 6.60. The van der Waals surface area contributed by atoms with Crippen molar-refractivity contribution in [2.75, 3.05) is 0 Å². The van der Waals surface area contributed by atoms with E-state index in [1.54, 1.807) is 16.8 Å². The van der Waals surface area contributed by atoms with Gasteiger partial charge in [0.15, 0.2) is 0 Å². The van der Waals surface area contributed by atoms with E-state index in [0.717, 1.165) is 16.5 Å². The maximum absolute atomic E-state index is 12.0. The first-order valence-electron chi connectivity index (χ1n) is 6.60. The van der Waals surface area contributed by atoms with Crippen LogP contribution in [-0.4, -0.2) is 22.3 Å². The van der Waals surface area contributed by atoms with Crippen LogP contribution in [0.25, 0.3) is 17.0 Å². The number of nitrogens with zero attached hydrogens (tertiary/aromatic N) is 2. The Morgan fingerprint density at radius 1 is 1.43 bits per heavy atom.